The first-order valence-corrected chi connectivity index (χ1v) is 5.96. The average molecular weight is 253 g/mol. The van der Waals surface area contributed by atoms with Gasteiger partial charge in [0.15, 0.2) is 0 Å². The van der Waals surface area contributed by atoms with Gasteiger partial charge in [-0.05, 0) is 17.7 Å². The summed E-state index contributed by atoms with van der Waals surface area (Å²) in [4.78, 5) is 12.6. The van der Waals surface area contributed by atoms with Crippen LogP contribution in [-0.2, 0) is 9.53 Å². The predicted molar refractivity (Wildman–Crippen MR) is 63.8 cm³/mol. The highest BCUT2D eigenvalue weighted by atomic mass is 19.1. The van der Waals surface area contributed by atoms with Gasteiger partial charge < -0.3 is 9.84 Å². The number of aliphatic carboxylic acids is 1. The molecule has 1 fully saturated rings. The van der Waals surface area contributed by atoms with Gasteiger partial charge >= 0.3 is 5.97 Å². The second-order valence-corrected chi connectivity index (χ2v) is 4.36. The molecule has 1 heterocycles. The zero-order valence-electron chi connectivity index (χ0n) is 10.0. The van der Waals surface area contributed by atoms with Crippen LogP contribution < -0.4 is 0 Å². The molecule has 0 radical (unpaired) electrons. The fourth-order valence-corrected chi connectivity index (χ4v) is 2.04. The zero-order valence-corrected chi connectivity index (χ0v) is 10.0. The Hall–Kier alpha value is -1.46. The smallest absolute Gasteiger partial charge is 0.304 e. The Morgan fingerprint density at radius 1 is 1.44 bits per heavy atom. The molecule has 0 saturated carbocycles. The van der Waals surface area contributed by atoms with Gasteiger partial charge in [0.05, 0.1) is 19.1 Å². The first kappa shape index (κ1) is 13.0. The largest absolute Gasteiger partial charge is 0.481 e. The van der Waals surface area contributed by atoms with Crippen molar-refractivity contribution in [1.82, 2.24) is 4.90 Å². The molecule has 1 saturated heterocycles. The lowest BCUT2D eigenvalue weighted by Crippen LogP contribution is -2.39. The van der Waals surface area contributed by atoms with Crippen LogP contribution in [0.15, 0.2) is 24.3 Å². The van der Waals surface area contributed by atoms with Gasteiger partial charge in [0.2, 0.25) is 0 Å². The summed E-state index contributed by atoms with van der Waals surface area (Å²) in [6.45, 7) is 2.49. The number of carboxylic acids is 1. The van der Waals surface area contributed by atoms with E-state index < -0.39 is 5.97 Å². The molecule has 0 aromatic heterocycles. The van der Waals surface area contributed by atoms with Crippen molar-refractivity contribution in [2.24, 2.45) is 0 Å². The lowest BCUT2D eigenvalue weighted by molar-refractivity contribution is -0.137. The molecule has 98 valence electrons. The Kier molecular flexibility index (Phi) is 4.28. The third kappa shape index (κ3) is 3.51. The van der Waals surface area contributed by atoms with Crippen LogP contribution >= 0.6 is 0 Å². The summed E-state index contributed by atoms with van der Waals surface area (Å²) in [5, 5.41) is 8.66. The lowest BCUT2D eigenvalue weighted by Gasteiger charge is -2.32. The number of benzene rings is 1. The minimum Gasteiger partial charge on any atom is -0.481 e. The van der Waals surface area contributed by atoms with E-state index in [2.05, 4.69) is 4.90 Å². The molecule has 0 aliphatic carbocycles. The van der Waals surface area contributed by atoms with Crippen LogP contribution in [0.5, 0.6) is 0 Å². The molecule has 4 nitrogen and oxygen atoms in total. The van der Waals surface area contributed by atoms with E-state index in [0.29, 0.717) is 19.7 Å². The van der Waals surface area contributed by atoms with Crippen molar-refractivity contribution < 1.29 is 19.0 Å². The molecule has 1 unspecified atom stereocenters. The van der Waals surface area contributed by atoms with E-state index in [0.717, 1.165) is 12.1 Å². The van der Waals surface area contributed by atoms with Gasteiger partial charge in [-0.25, -0.2) is 4.39 Å². The van der Waals surface area contributed by atoms with Gasteiger partial charge in [-0.15, -0.1) is 0 Å². The molecule has 1 aromatic rings. The van der Waals surface area contributed by atoms with Gasteiger partial charge in [-0.3, -0.25) is 9.69 Å². The van der Waals surface area contributed by atoms with Gasteiger partial charge in [0.1, 0.15) is 5.82 Å². The molecule has 1 N–H and O–H groups in total. The number of hydrogen-bond donors (Lipinski definition) is 1. The Balaban J connectivity index is 1.93. The van der Waals surface area contributed by atoms with Crippen LogP contribution in [0.2, 0.25) is 0 Å². The Morgan fingerprint density at radius 3 is 2.83 bits per heavy atom. The van der Waals surface area contributed by atoms with E-state index in [-0.39, 0.29) is 18.3 Å². The average Bonchev–Trinajstić information content (AvgIpc) is 2.37. The topological polar surface area (TPSA) is 49.8 Å². The minimum atomic E-state index is -0.792. The highest BCUT2D eigenvalue weighted by Crippen LogP contribution is 2.22. The fraction of sp³-hybridized carbons (Fsp3) is 0.462. The molecule has 0 amide bonds. The number of rotatable bonds is 4. The minimum absolute atomic E-state index is 0.104. The monoisotopic (exact) mass is 253 g/mol. The SMILES string of the molecule is O=C(O)CCN1CCOC(c2ccc(F)cc2)C1. The summed E-state index contributed by atoms with van der Waals surface area (Å²) in [6, 6.07) is 6.24. The van der Waals surface area contributed by atoms with Crippen molar-refractivity contribution in [2.45, 2.75) is 12.5 Å². The molecule has 1 atom stereocenters. The Morgan fingerprint density at radius 2 is 2.17 bits per heavy atom. The Bertz CT molecular complexity index is 407. The van der Waals surface area contributed by atoms with Crippen LogP contribution in [0.3, 0.4) is 0 Å². The molecule has 1 aromatic carbocycles. The highest BCUT2D eigenvalue weighted by Gasteiger charge is 2.22. The maximum atomic E-state index is 12.8. The van der Waals surface area contributed by atoms with Gasteiger partial charge in [-0.1, -0.05) is 12.1 Å². The van der Waals surface area contributed by atoms with E-state index >= 15 is 0 Å². The normalized spacial score (nSPS) is 20.8. The van der Waals surface area contributed by atoms with E-state index in [1.165, 1.54) is 12.1 Å². The van der Waals surface area contributed by atoms with E-state index in [9.17, 15) is 9.18 Å². The van der Waals surface area contributed by atoms with E-state index in [1.54, 1.807) is 12.1 Å². The van der Waals surface area contributed by atoms with Crippen molar-refractivity contribution in [3.05, 3.63) is 35.6 Å². The molecule has 0 spiro atoms. The van der Waals surface area contributed by atoms with Crippen LogP contribution in [0, 0.1) is 5.82 Å². The first-order chi connectivity index (χ1) is 8.65. The number of halogens is 1. The zero-order chi connectivity index (χ0) is 13.0. The number of nitrogens with zero attached hydrogens (tertiary/aromatic N) is 1. The second-order valence-electron chi connectivity index (χ2n) is 4.36. The number of carbonyl (C=O) groups is 1. The highest BCUT2D eigenvalue weighted by molar-refractivity contribution is 5.66. The maximum absolute atomic E-state index is 12.8. The molecular formula is C13H16FNO3. The summed E-state index contributed by atoms with van der Waals surface area (Å²) in [6.07, 6.45) is 0.0315. The summed E-state index contributed by atoms with van der Waals surface area (Å²) in [5.74, 6) is -1.06. The molecule has 1 aliphatic heterocycles. The van der Waals surface area contributed by atoms with Crippen LogP contribution in [-0.4, -0.2) is 42.2 Å². The summed E-state index contributed by atoms with van der Waals surface area (Å²) in [5.41, 5.74) is 0.927. The lowest BCUT2D eigenvalue weighted by atomic mass is 10.1. The third-order valence-electron chi connectivity index (χ3n) is 3.03. The summed E-state index contributed by atoms with van der Waals surface area (Å²) < 4.78 is 18.5. The molecular weight excluding hydrogens is 237 g/mol. The van der Waals surface area contributed by atoms with Crippen LogP contribution in [0.25, 0.3) is 0 Å². The molecule has 1 aliphatic rings. The quantitative estimate of drug-likeness (QED) is 0.886. The summed E-state index contributed by atoms with van der Waals surface area (Å²) in [7, 11) is 0. The van der Waals surface area contributed by atoms with Crippen molar-refractivity contribution in [3.63, 3.8) is 0 Å². The predicted octanol–water partition coefficient (Wildman–Crippen LogP) is 1.67. The van der Waals surface area contributed by atoms with Crippen molar-refractivity contribution in [3.8, 4) is 0 Å². The van der Waals surface area contributed by atoms with Crippen molar-refractivity contribution >= 4 is 5.97 Å². The number of carboxylic acid groups (broad SMARTS) is 1. The summed E-state index contributed by atoms with van der Waals surface area (Å²) >= 11 is 0. The van der Waals surface area contributed by atoms with Gasteiger partial charge in [-0.2, -0.15) is 0 Å². The molecule has 5 heteroatoms. The first-order valence-electron chi connectivity index (χ1n) is 5.96. The van der Waals surface area contributed by atoms with E-state index in [4.69, 9.17) is 9.84 Å². The second kappa shape index (κ2) is 5.93. The number of hydrogen-bond acceptors (Lipinski definition) is 3. The fourth-order valence-electron chi connectivity index (χ4n) is 2.04. The third-order valence-corrected chi connectivity index (χ3v) is 3.03. The molecule has 0 bridgehead atoms. The molecule has 18 heavy (non-hydrogen) atoms. The standard InChI is InChI=1S/C13H16FNO3/c14-11-3-1-10(2-4-11)12-9-15(7-8-18-12)6-5-13(16)17/h1-4,12H,5-9H2,(H,16,17). The van der Waals surface area contributed by atoms with Gasteiger partial charge in [0.25, 0.3) is 0 Å². The van der Waals surface area contributed by atoms with Crippen molar-refractivity contribution in [2.75, 3.05) is 26.2 Å². The van der Waals surface area contributed by atoms with E-state index in [1.807, 2.05) is 0 Å². The van der Waals surface area contributed by atoms with Crippen LogP contribution in [0.1, 0.15) is 18.1 Å². The number of morpholine rings is 1. The Labute approximate surface area is 105 Å². The molecule has 2 rings (SSSR count). The number of ether oxygens (including phenoxy) is 1. The van der Waals surface area contributed by atoms with Crippen molar-refractivity contribution in [1.29, 1.82) is 0 Å². The maximum Gasteiger partial charge on any atom is 0.304 e. The van der Waals surface area contributed by atoms with Crippen LogP contribution in [0.4, 0.5) is 4.39 Å². The van der Waals surface area contributed by atoms with Gasteiger partial charge in [0, 0.05) is 19.6 Å².